The fraction of sp³-hybridized carbons (Fsp3) is 0.167. The molecule has 2 aromatic rings. The van der Waals surface area contributed by atoms with Crippen molar-refractivity contribution in [1.29, 1.82) is 0 Å². The van der Waals surface area contributed by atoms with Crippen molar-refractivity contribution in [2.45, 2.75) is 13.3 Å². The van der Waals surface area contributed by atoms with E-state index < -0.39 is 5.97 Å². The number of carboxylic acid groups (broad SMARTS) is 1. The molecule has 2 rings (SSSR count). The molecule has 90 valence electrons. The number of hydrogen-bond donors (Lipinski definition) is 1. The van der Waals surface area contributed by atoms with Crippen LogP contribution in [0, 0.1) is 6.92 Å². The zero-order valence-corrected chi connectivity index (χ0v) is 10.1. The van der Waals surface area contributed by atoms with Gasteiger partial charge in [-0.1, -0.05) is 18.2 Å². The van der Waals surface area contributed by atoms with Crippen molar-refractivity contribution in [3.8, 4) is 5.69 Å². The van der Waals surface area contributed by atoms with Crippen LogP contribution >= 0.6 is 12.4 Å². The molecule has 0 aliphatic carbocycles. The molecule has 0 unspecified atom stereocenters. The Bertz CT molecular complexity index is 523. The SMILES string of the molecule is Cc1ccccc1-n1ccnc1CC(=O)O.Cl. The predicted octanol–water partition coefficient (Wildman–Crippen LogP) is 2.23. The number of carboxylic acids is 1. The summed E-state index contributed by atoms with van der Waals surface area (Å²) < 4.78 is 1.81. The third kappa shape index (κ3) is 2.85. The number of benzene rings is 1. The Hall–Kier alpha value is -1.81. The first kappa shape index (κ1) is 13.3. The van der Waals surface area contributed by atoms with E-state index in [-0.39, 0.29) is 18.8 Å². The third-order valence-corrected chi connectivity index (χ3v) is 2.40. The number of aliphatic carboxylic acids is 1. The van der Waals surface area contributed by atoms with Crippen LogP contribution in [0.2, 0.25) is 0 Å². The van der Waals surface area contributed by atoms with Crippen LogP contribution in [-0.4, -0.2) is 20.6 Å². The predicted molar refractivity (Wildman–Crippen MR) is 66.9 cm³/mol. The summed E-state index contributed by atoms with van der Waals surface area (Å²) in [5.41, 5.74) is 2.06. The van der Waals surface area contributed by atoms with Crippen LogP contribution in [0.1, 0.15) is 11.4 Å². The van der Waals surface area contributed by atoms with E-state index in [4.69, 9.17) is 5.11 Å². The topological polar surface area (TPSA) is 55.1 Å². The summed E-state index contributed by atoms with van der Waals surface area (Å²) in [6, 6.07) is 7.81. The van der Waals surface area contributed by atoms with Crippen LogP contribution in [0.3, 0.4) is 0 Å². The van der Waals surface area contributed by atoms with Crippen LogP contribution in [0.4, 0.5) is 0 Å². The van der Waals surface area contributed by atoms with Gasteiger partial charge in [0.05, 0.1) is 0 Å². The van der Waals surface area contributed by atoms with E-state index in [1.54, 1.807) is 12.4 Å². The highest BCUT2D eigenvalue weighted by Crippen LogP contribution is 2.15. The minimum atomic E-state index is -0.874. The second-order valence-electron chi connectivity index (χ2n) is 3.57. The second-order valence-corrected chi connectivity index (χ2v) is 3.57. The molecule has 1 N–H and O–H groups in total. The number of nitrogens with zero attached hydrogens (tertiary/aromatic N) is 2. The van der Waals surface area contributed by atoms with Gasteiger partial charge < -0.3 is 9.67 Å². The lowest BCUT2D eigenvalue weighted by Gasteiger charge is -2.09. The molecule has 1 aromatic heterocycles. The van der Waals surface area contributed by atoms with Gasteiger partial charge in [0.25, 0.3) is 0 Å². The van der Waals surface area contributed by atoms with Crippen LogP contribution in [0.25, 0.3) is 5.69 Å². The van der Waals surface area contributed by atoms with E-state index in [0.29, 0.717) is 5.82 Å². The maximum atomic E-state index is 10.7. The van der Waals surface area contributed by atoms with Crippen molar-refractivity contribution in [3.05, 3.63) is 48.0 Å². The van der Waals surface area contributed by atoms with Gasteiger partial charge in [-0.3, -0.25) is 4.79 Å². The Labute approximate surface area is 105 Å². The van der Waals surface area contributed by atoms with E-state index >= 15 is 0 Å². The lowest BCUT2D eigenvalue weighted by molar-refractivity contribution is -0.136. The summed E-state index contributed by atoms with van der Waals surface area (Å²) in [5.74, 6) is -0.331. The van der Waals surface area contributed by atoms with Crippen molar-refractivity contribution >= 4 is 18.4 Å². The summed E-state index contributed by atoms with van der Waals surface area (Å²) in [6.45, 7) is 1.99. The van der Waals surface area contributed by atoms with E-state index in [9.17, 15) is 4.79 Å². The van der Waals surface area contributed by atoms with Crippen LogP contribution in [0.15, 0.2) is 36.7 Å². The Morgan fingerprint density at radius 1 is 1.41 bits per heavy atom. The molecule has 4 nitrogen and oxygen atoms in total. The lowest BCUT2D eigenvalue weighted by Crippen LogP contribution is -2.08. The maximum Gasteiger partial charge on any atom is 0.311 e. The number of carbonyl (C=O) groups is 1. The normalized spacial score (nSPS) is 9.71. The molecule has 0 atom stereocenters. The first-order chi connectivity index (χ1) is 7.68. The first-order valence-corrected chi connectivity index (χ1v) is 4.98. The van der Waals surface area contributed by atoms with Gasteiger partial charge in [0.15, 0.2) is 0 Å². The average Bonchev–Trinajstić information content (AvgIpc) is 2.66. The quantitative estimate of drug-likeness (QED) is 0.911. The van der Waals surface area contributed by atoms with Gasteiger partial charge in [0.2, 0.25) is 0 Å². The monoisotopic (exact) mass is 252 g/mol. The van der Waals surface area contributed by atoms with Crippen molar-refractivity contribution in [2.24, 2.45) is 0 Å². The van der Waals surface area contributed by atoms with E-state index in [0.717, 1.165) is 11.3 Å². The van der Waals surface area contributed by atoms with Crippen LogP contribution in [0.5, 0.6) is 0 Å². The molecule has 0 amide bonds. The van der Waals surface area contributed by atoms with Gasteiger partial charge in [-0.05, 0) is 18.6 Å². The Kier molecular flexibility index (Phi) is 4.29. The molecule has 0 spiro atoms. The molecule has 0 radical (unpaired) electrons. The van der Waals surface area contributed by atoms with Gasteiger partial charge in [-0.2, -0.15) is 0 Å². The minimum absolute atomic E-state index is 0. The zero-order valence-electron chi connectivity index (χ0n) is 9.33. The van der Waals surface area contributed by atoms with E-state index in [1.807, 2.05) is 35.8 Å². The zero-order chi connectivity index (χ0) is 11.5. The summed E-state index contributed by atoms with van der Waals surface area (Å²) >= 11 is 0. The standard InChI is InChI=1S/C12H12N2O2.ClH/c1-9-4-2-3-5-10(9)14-7-6-13-11(14)8-12(15)16;/h2-7H,8H2,1H3,(H,15,16);1H. The average molecular weight is 253 g/mol. The van der Waals surface area contributed by atoms with Crippen molar-refractivity contribution in [2.75, 3.05) is 0 Å². The highest BCUT2D eigenvalue weighted by Gasteiger charge is 2.09. The number of aryl methyl sites for hydroxylation is 1. The van der Waals surface area contributed by atoms with Crippen LogP contribution in [-0.2, 0) is 11.2 Å². The molecule has 0 aliphatic heterocycles. The molecule has 0 saturated carbocycles. The Balaban J connectivity index is 0.00000144. The summed E-state index contributed by atoms with van der Waals surface area (Å²) in [4.78, 5) is 14.7. The smallest absolute Gasteiger partial charge is 0.311 e. The number of hydrogen-bond acceptors (Lipinski definition) is 2. The molecule has 0 aliphatic rings. The van der Waals surface area contributed by atoms with Gasteiger partial charge in [-0.25, -0.2) is 4.98 Å². The number of rotatable bonds is 3. The molecule has 1 aromatic carbocycles. The molecule has 1 heterocycles. The first-order valence-electron chi connectivity index (χ1n) is 4.98. The second kappa shape index (κ2) is 5.50. The van der Waals surface area contributed by atoms with Gasteiger partial charge in [0, 0.05) is 18.1 Å². The summed E-state index contributed by atoms with van der Waals surface area (Å²) in [6.07, 6.45) is 3.33. The molecule has 0 bridgehead atoms. The fourth-order valence-corrected chi connectivity index (χ4v) is 1.65. The van der Waals surface area contributed by atoms with Gasteiger partial charge >= 0.3 is 5.97 Å². The molecule has 0 fully saturated rings. The molecule has 17 heavy (non-hydrogen) atoms. The summed E-state index contributed by atoms with van der Waals surface area (Å²) in [7, 11) is 0. The maximum absolute atomic E-state index is 10.7. The van der Waals surface area contributed by atoms with Gasteiger partial charge in [-0.15, -0.1) is 12.4 Å². The molecule has 5 heteroatoms. The number of halogens is 1. The third-order valence-electron chi connectivity index (χ3n) is 2.40. The van der Waals surface area contributed by atoms with Crippen molar-refractivity contribution < 1.29 is 9.90 Å². The molecular formula is C12H13ClN2O2. The number of aromatic nitrogens is 2. The van der Waals surface area contributed by atoms with E-state index in [1.165, 1.54) is 0 Å². The molecular weight excluding hydrogens is 240 g/mol. The van der Waals surface area contributed by atoms with Crippen LogP contribution < -0.4 is 0 Å². The Morgan fingerprint density at radius 3 is 2.76 bits per heavy atom. The highest BCUT2D eigenvalue weighted by molar-refractivity contribution is 5.85. The highest BCUT2D eigenvalue weighted by atomic mass is 35.5. The summed E-state index contributed by atoms with van der Waals surface area (Å²) in [5, 5.41) is 8.77. The van der Waals surface area contributed by atoms with E-state index in [2.05, 4.69) is 4.98 Å². The minimum Gasteiger partial charge on any atom is -0.481 e. The molecule has 0 saturated heterocycles. The fourth-order valence-electron chi connectivity index (χ4n) is 1.65. The van der Waals surface area contributed by atoms with Crippen molar-refractivity contribution in [1.82, 2.24) is 9.55 Å². The van der Waals surface area contributed by atoms with Gasteiger partial charge in [0.1, 0.15) is 12.2 Å². The van der Waals surface area contributed by atoms with Crippen molar-refractivity contribution in [3.63, 3.8) is 0 Å². The lowest BCUT2D eigenvalue weighted by atomic mass is 10.2. The Morgan fingerprint density at radius 2 is 2.12 bits per heavy atom. The largest absolute Gasteiger partial charge is 0.481 e. The number of imidazole rings is 1. The number of para-hydroxylation sites is 1.